The first-order valence-electron chi connectivity index (χ1n) is 7.67. The highest BCUT2D eigenvalue weighted by Crippen LogP contribution is 2.18. The van der Waals surface area contributed by atoms with Crippen LogP contribution in [0.15, 0.2) is 52.9 Å². The van der Waals surface area contributed by atoms with Gasteiger partial charge in [0.05, 0.1) is 11.8 Å². The predicted octanol–water partition coefficient (Wildman–Crippen LogP) is 3.20. The number of rotatable bonds is 1. The summed E-state index contributed by atoms with van der Waals surface area (Å²) in [6.07, 6.45) is 6.70. The van der Waals surface area contributed by atoms with Gasteiger partial charge in [0.25, 0.3) is 5.91 Å². The molecule has 0 N–H and O–H groups in total. The van der Waals surface area contributed by atoms with Crippen molar-refractivity contribution < 1.29 is 9.21 Å². The molecule has 1 saturated heterocycles. The van der Waals surface area contributed by atoms with Crippen molar-refractivity contribution in [3.05, 3.63) is 65.4 Å². The number of hydrogen-bond donors (Lipinski definition) is 0. The number of carbonyl (C=O) groups is 1. The fraction of sp³-hybridized carbons (Fsp3) is 0.263. The Labute approximate surface area is 135 Å². The first-order chi connectivity index (χ1) is 11.2. The molecular formula is C19H18N2O2. The number of likely N-dealkylation sites (tertiary alicyclic amines) is 1. The van der Waals surface area contributed by atoms with E-state index < -0.39 is 0 Å². The quantitative estimate of drug-likeness (QED) is 0.760. The number of allylic oxidation sites excluding steroid dienone is 1. The van der Waals surface area contributed by atoms with Crippen LogP contribution in [0.3, 0.4) is 0 Å². The van der Waals surface area contributed by atoms with Crippen LogP contribution in [0.1, 0.15) is 34.6 Å². The van der Waals surface area contributed by atoms with Crippen molar-refractivity contribution in [1.82, 2.24) is 9.88 Å². The van der Waals surface area contributed by atoms with E-state index in [1.165, 1.54) is 18.1 Å². The maximum absolute atomic E-state index is 12.2. The van der Waals surface area contributed by atoms with Gasteiger partial charge in [-0.05, 0) is 50.0 Å². The zero-order valence-corrected chi connectivity index (χ0v) is 13.1. The average Bonchev–Trinajstić information content (AvgIpc) is 3.09. The fourth-order valence-electron chi connectivity index (χ4n) is 2.53. The second-order valence-corrected chi connectivity index (χ2v) is 5.54. The van der Waals surface area contributed by atoms with Crippen LogP contribution < -0.4 is 0 Å². The predicted molar refractivity (Wildman–Crippen MR) is 87.8 cm³/mol. The monoisotopic (exact) mass is 306 g/mol. The van der Waals surface area contributed by atoms with Gasteiger partial charge in [-0.2, -0.15) is 0 Å². The lowest BCUT2D eigenvalue weighted by Gasteiger charge is -2.27. The summed E-state index contributed by atoms with van der Waals surface area (Å²) < 4.78 is 4.97. The summed E-state index contributed by atoms with van der Waals surface area (Å²) in [7, 11) is 0. The third-order valence-corrected chi connectivity index (χ3v) is 3.83. The number of amides is 1. The molecule has 0 radical (unpaired) electrons. The number of nitrogens with zero attached hydrogens (tertiary/aromatic N) is 2. The number of aromatic nitrogens is 1. The highest BCUT2D eigenvalue weighted by atomic mass is 16.3. The van der Waals surface area contributed by atoms with Crippen molar-refractivity contribution in [2.45, 2.75) is 19.8 Å². The zero-order chi connectivity index (χ0) is 16.1. The van der Waals surface area contributed by atoms with Crippen LogP contribution in [0.4, 0.5) is 0 Å². The van der Waals surface area contributed by atoms with Gasteiger partial charge < -0.3 is 9.32 Å². The molecule has 0 spiro atoms. The minimum atomic E-state index is 0.0350. The minimum absolute atomic E-state index is 0.0350. The van der Waals surface area contributed by atoms with Crippen LogP contribution in [-0.4, -0.2) is 28.9 Å². The van der Waals surface area contributed by atoms with E-state index in [0.717, 1.165) is 37.3 Å². The molecule has 1 aliphatic rings. The number of piperidine rings is 1. The highest BCUT2D eigenvalue weighted by Gasteiger charge is 2.20. The maximum atomic E-state index is 12.2. The van der Waals surface area contributed by atoms with Crippen molar-refractivity contribution in [3.8, 4) is 11.8 Å². The van der Waals surface area contributed by atoms with E-state index in [2.05, 4.69) is 16.8 Å². The van der Waals surface area contributed by atoms with Gasteiger partial charge in [0.15, 0.2) is 0 Å². The van der Waals surface area contributed by atoms with Crippen LogP contribution >= 0.6 is 0 Å². The lowest BCUT2D eigenvalue weighted by molar-refractivity contribution is 0.0743. The van der Waals surface area contributed by atoms with Gasteiger partial charge in [0, 0.05) is 18.8 Å². The Bertz CT molecular complexity index is 769. The molecule has 4 heteroatoms. The lowest BCUT2D eigenvalue weighted by atomic mass is 10.0. The third-order valence-electron chi connectivity index (χ3n) is 3.83. The summed E-state index contributed by atoms with van der Waals surface area (Å²) in [4.78, 5) is 18.4. The van der Waals surface area contributed by atoms with Gasteiger partial charge in [-0.15, -0.1) is 0 Å². The molecule has 4 nitrogen and oxygen atoms in total. The maximum Gasteiger partial charge on any atom is 0.257 e. The second kappa shape index (κ2) is 6.97. The Morgan fingerprint density at radius 1 is 1.30 bits per heavy atom. The van der Waals surface area contributed by atoms with Crippen molar-refractivity contribution in [2.24, 2.45) is 0 Å². The summed E-state index contributed by atoms with van der Waals surface area (Å²) in [5.41, 5.74) is 3.65. The van der Waals surface area contributed by atoms with Crippen LogP contribution in [0.2, 0.25) is 0 Å². The van der Waals surface area contributed by atoms with Gasteiger partial charge in [-0.25, -0.2) is 4.98 Å². The summed E-state index contributed by atoms with van der Waals surface area (Å²) in [5, 5.41) is 0. The molecule has 1 amide bonds. The smallest absolute Gasteiger partial charge is 0.257 e. The number of carbonyl (C=O) groups excluding carboxylic acids is 1. The summed E-state index contributed by atoms with van der Waals surface area (Å²) in [6, 6.07) is 7.52. The molecule has 2 aromatic heterocycles. The van der Waals surface area contributed by atoms with Gasteiger partial charge in [0.1, 0.15) is 12.0 Å². The molecule has 0 aliphatic carbocycles. The summed E-state index contributed by atoms with van der Waals surface area (Å²) >= 11 is 0. The molecule has 0 aromatic carbocycles. The molecule has 0 unspecified atom stereocenters. The first kappa shape index (κ1) is 15.1. The van der Waals surface area contributed by atoms with Crippen LogP contribution in [0.5, 0.6) is 0 Å². The van der Waals surface area contributed by atoms with Crippen LogP contribution in [0, 0.1) is 18.8 Å². The Morgan fingerprint density at radius 2 is 2.13 bits per heavy atom. The van der Waals surface area contributed by atoms with E-state index in [1.807, 2.05) is 36.1 Å². The fourth-order valence-corrected chi connectivity index (χ4v) is 2.53. The molecule has 1 aliphatic heterocycles. The third kappa shape index (κ3) is 3.89. The standard InChI is InChI=1S/C19H18N2O2/c1-15-4-2-6-18(20-15)7-3-5-16-8-11-21(12-9-16)19(22)17-10-13-23-14-17/h2,4-6,10,13-14H,8-9,11-12H2,1H3. The molecule has 0 atom stereocenters. The SMILES string of the molecule is Cc1cccc(C#CC=C2CCN(C(=O)c3ccoc3)CC2)n1. The Hall–Kier alpha value is -2.80. The number of hydrogen-bond acceptors (Lipinski definition) is 3. The summed E-state index contributed by atoms with van der Waals surface area (Å²) in [5.74, 6) is 6.17. The molecule has 0 bridgehead atoms. The van der Waals surface area contributed by atoms with Crippen molar-refractivity contribution >= 4 is 5.91 Å². The van der Waals surface area contributed by atoms with Gasteiger partial charge in [-0.3, -0.25) is 4.79 Å². The van der Waals surface area contributed by atoms with Crippen molar-refractivity contribution in [3.63, 3.8) is 0 Å². The molecule has 1 fully saturated rings. The molecule has 3 heterocycles. The molecule has 23 heavy (non-hydrogen) atoms. The van der Waals surface area contributed by atoms with Crippen molar-refractivity contribution in [2.75, 3.05) is 13.1 Å². The highest BCUT2D eigenvalue weighted by molar-refractivity contribution is 5.93. The second-order valence-electron chi connectivity index (χ2n) is 5.54. The first-order valence-corrected chi connectivity index (χ1v) is 7.67. The van der Waals surface area contributed by atoms with Gasteiger partial charge in [-0.1, -0.05) is 17.6 Å². The van der Waals surface area contributed by atoms with E-state index in [1.54, 1.807) is 6.07 Å². The molecule has 0 saturated carbocycles. The van der Waals surface area contributed by atoms with Gasteiger partial charge in [0.2, 0.25) is 0 Å². The largest absolute Gasteiger partial charge is 0.472 e. The number of pyridine rings is 1. The van der Waals surface area contributed by atoms with E-state index in [9.17, 15) is 4.79 Å². The van der Waals surface area contributed by atoms with Gasteiger partial charge >= 0.3 is 0 Å². The topological polar surface area (TPSA) is 46.3 Å². The Balaban J connectivity index is 1.58. The molecule has 2 aromatic rings. The molecule has 3 rings (SSSR count). The zero-order valence-electron chi connectivity index (χ0n) is 13.1. The normalized spacial score (nSPS) is 14.1. The van der Waals surface area contributed by atoms with E-state index in [0.29, 0.717) is 5.56 Å². The van der Waals surface area contributed by atoms with Crippen LogP contribution in [0.25, 0.3) is 0 Å². The average molecular weight is 306 g/mol. The summed E-state index contributed by atoms with van der Waals surface area (Å²) in [6.45, 7) is 3.40. The minimum Gasteiger partial charge on any atom is -0.472 e. The molecular weight excluding hydrogens is 288 g/mol. The van der Waals surface area contributed by atoms with E-state index in [4.69, 9.17) is 4.42 Å². The lowest BCUT2D eigenvalue weighted by Crippen LogP contribution is -2.36. The number of aryl methyl sites for hydroxylation is 1. The van der Waals surface area contributed by atoms with Crippen molar-refractivity contribution in [1.29, 1.82) is 0 Å². The number of furan rings is 1. The molecule has 116 valence electrons. The van der Waals surface area contributed by atoms with E-state index in [-0.39, 0.29) is 5.91 Å². The van der Waals surface area contributed by atoms with E-state index >= 15 is 0 Å². The Kier molecular flexibility index (Phi) is 4.58. The van der Waals surface area contributed by atoms with Crippen LogP contribution in [-0.2, 0) is 0 Å². The Morgan fingerprint density at radius 3 is 2.83 bits per heavy atom.